The Morgan fingerprint density at radius 2 is 1.96 bits per heavy atom. The van der Waals surface area contributed by atoms with Gasteiger partial charge in [-0.2, -0.15) is 18.2 Å². The van der Waals surface area contributed by atoms with E-state index in [0.29, 0.717) is 11.1 Å². The van der Waals surface area contributed by atoms with Crippen molar-refractivity contribution in [3.63, 3.8) is 0 Å². The van der Waals surface area contributed by atoms with Gasteiger partial charge < -0.3 is 4.74 Å². The summed E-state index contributed by atoms with van der Waals surface area (Å²) in [5.74, 6) is -2.15. The van der Waals surface area contributed by atoms with Crippen LogP contribution in [0.15, 0.2) is 23.3 Å². The molecule has 1 aromatic rings. The van der Waals surface area contributed by atoms with E-state index in [1.54, 1.807) is 6.92 Å². The average Bonchev–Trinajstić information content (AvgIpc) is 2.76. The van der Waals surface area contributed by atoms with Crippen LogP contribution in [0.5, 0.6) is 0 Å². The zero-order chi connectivity index (χ0) is 20.4. The number of carbonyl (C=O) groups excluding carboxylic acids is 3. The first-order chi connectivity index (χ1) is 12.6. The van der Waals surface area contributed by atoms with E-state index in [0.717, 1.165) is 6.07 Å². The highest BCUT2D eigenvalue weighted by atomic mass is 35.5. The summed E-state index contributed by atoms with van der Waals surface area (Å²) >= 11 is 5.52. The number of ether oxygens (including phenoxy) is 1. The van der Waals surface area contributed by atoms with Gasteiger partial charge in [-0.05, 0) is 32.4 Å². The Hall–Kier alpha value is -2.62. The number of pyridine rings is 1. The third-order valence-electron chi connectivity index (χ3n) is 3.70. The Labute approximate surface area is 157 Å². The van der Waals surface area contributed by atoms with Gasteiger partial charge in [0, 0.05) is 17.6 Å². The van der Waals surface area contributed by atoms with Crippen molar-refractivity contribution in [1.29, 1.82) is 0 Å². The van der Waals surface area contributed by atoms with Crippen LogP contribution in [-0.4, -0.2) is 34.4 Å². The largest absolute Gasteiger partial charge is 0.466 e. The van der Waals surface area contributed by atoms with Crippen LogP contribution in [0.3, 0.4) is 0 Å². The lowest BCUT2D eigenvalue weighted by molar-refractivity contribution is -0.143. The molecule has 0 atom stereocenters. The Morgan fingerprint density at radius 1 is 1.30 bits per heavy atom. The number of carbonyl (C=O) groups is 3. The number of halogens is 4. The van der Waals surface area contributed by atoms with E-state index in [1.165, 1.54) is 6.92 Å². The molecule has 1 aliphatic heterocycles. The SMILES string of the molecule is CCOC(=O)CCC1=C(C)C(=O)N(Nc2ccc(C(F)(F)F)c(Cl)n2)C1=O. The first kappa shape index (κ1) is 20.7. The summed E-state index contributed by atoms with van der Waals surface area (Å²) in [5.41, 5.74) is 1.44. The highest BCUT2D eigenvalue weighted by molar-refractivity contribution is 6.30. The minimum absolute atomic E-state index is 0.00534. The van der Waals surface area contributed by atoms with Gasteiger partial charge in [0.15, 0.2) is 0 Å². The van der Waals surface area contributed by atoms with Crippen molar-refractivity contribution in [3.05, 3.63) is 34.0 Å². The molecule has 27 heavy (non-hydrogen) atoms. The first-order valence-electron chi connectivity index (χ1n) is 7.80. The normalized spacial score (nSPS) is 14.8. The molecule has 7 nitrogen and oxygen atoms in total. The van der Waals surface area contributed by atoms with Crippen molar-refractivity contribution in [1.82, 2.24) is 9.99 Å². The molecule has 0 aliphatic carbocycles. The summed E-state index contributed by atoms with van der Waals surface area (Å²) in [4.78, 5) is 39.6. The zero-order valence-electron chi connectivity index (χ0n) is 14.3. The zero-order valence-corrected chi connectivity index (χ0v) is 15.1. The summed E-state index contributed by atoms with van der Waals surface area (Å²) in [6.07, 6.45) is -4.77. The summed E-state index contributed by atoms with van der Waals surface area (Å²) in [7, 11) is 0. The number of nitrogens with zero attached hydrogens (tertiary/aromatic N) is 2. The van der Waals surface area contributed by atoms with Crippen LogP contribution < -0.4 is 5.43 Å². The third-order valence-corrected chi connectivity index (χ3v) is 3.99. The van der Waals surface area contributed by atoms with Crippen molar-refractivity contribution in [2.24, 2.45) is 0 Å². The van der Waals surface area contributed by atoms with Crippen molar-refractivity contribution in [2.45, 2.75) is 32.9 Å². The van der Waals surface area contributed by atoms with Gasteiger partial charge in [-0.1, -0.05) is 11.6 Å². The molecule has 1 aromatic heterocycles. The minimum atomic E-state index is -4.68. The monoisotopic (exact) mass is 405 g/mol. The number of hydrogen-bond donors (Lipinski definition) is 1. The molecule has 0 saturated carbocycles. The van der Waals surface area contributed by atoms with Gasteiger partial charge in [-0.25, -0.2) is 4.98 Å². The van der Waals surface area contributed by atoms with E-state index in [9.17, 15) is 27.6 Å². The number of amides is 2. The van der Waals surface area contributed by atoms with Crippen LogP contribution in [0.2, 0.25) is 5.15 Å². The maximum atomic E-state index is 12.7. The smallest absolute Gasteiger partial charge is 0.419 e. The van der Waals surface area contributed by atoms with E-state index >= 15 is 0 Å². The van der Waals surface area contributed by atoms with Crippen LogP contribution in [0.25, 0.3) is 0 Å². The van der Waals surface area contributed by atoms with E-state index in [4.69, 9.17) is 16.3 Å². The number of anilines is 1. The Kier molecular flexibility index (Phi) is 6.09. The van der Waals surface area contributed by atoms with E-state index in [1.807, 2.05) is 0 Å². The lowest BCUT2D eigenvalue weighted by atomic mass is 10.1. The van der Waals surface area contributed by atoms with E-state index in [-0.39, 0.29) is 36.4 Å². The number of aromatic nitrogens is 1. The average molecular weight is 406 g/mol. The maximum absolute atomic E-state index is 12.7. The van der Waals surface area contributed by atoms with Crippen LogP contribution in [0.1, 0.15) is 32.3 Å². The molecule has 2 heterocycles. The highest BCUT2D eigenvalue weighted by Gasteiger charge is 2.37. The number of nitrogens with one attached hydrogen (secondary N) is 1. The lowest BCUT2D eigenvalue weighted by Crippen LogP contribution is -2.37. The number of hydrogen-bond acceptors (Lipinski definition) is 6. The number of rotatable bonds is 6. The van der Waals surface area contributed by atoms with Gasteiger partial charge in [0.05, 0.1) is 12.2 Å². The lowest BCUT2D eigenvalue weighted by Gasteiger charge is -2.17. The standard InChI is InChI=1S/C16H15ClF3N3O4/c1-3-27-12(24)7-4-9-8(2)14(25)23(15(9)26)22-11-6-5-10(13(17)21-11)16(18,19)20/h5-6H,3-4,7H2,1-2H3,(H,21,22). The molecule has 2 rings (SSSR count). The molecule has 1 aliphatic rings. The molecule has 2 amide bonds. The first-order valence-corrected chi connectivity index (χ1v) is 8.18. The summed E-state index contributed by atoms with van der Waals surface area (Å²) < 4.78 is 42.9. The topological polar surface area (TPSA) is 88.6 Å². The van der Waals surface area contributed by atoms with Crippen LogP contribution in [0.4, 0.5) is 19.0 Å². The molecule has 0 unspecified atom stereocenters. The molecular weight excluding hydrogens is 391 g/mol. The maximum Gasteiger partial charge on any atom is 0.419 e. The summed E-state index contributed by atoms with van der Waals surface area (Å²) in [6.45, 7) is 3.24. The third kappa shape index (κ3) is 4.57. The van der Waals surface area contributed by atoms with Crippen LogP contribution in [0, 0.1) is 0 Å². The number of alkyl halides is 3. The predicted molar refractivity (Wildman–Crippen MR) is 88.3 cm³/mol. The van der Waals surface area contributed by atoms with E-state index < -0.39 is 34.7 Å². The highest BCUT2D eigenvalue weighted by Crippen LogP contribution is 2.34. The van der Waals surface area contributed by atoms with Crippen molar-refractivity contribution < 1.29 is 32.3 Å². The van der Waals surface area contributed by atoms with Gasteiger partial charge in [0.2, 0.25) is 0 Å². The fourth-order valence-electron chi connectivity index (χ4n) is 2.36. The second-order valence-corrected chi connectivity index (χ2v) is 5.86. The molecule has 0 fully saturated rings. The quantitative estimate of drug-likeness (QED) is 0.444. The van der Waals surface area contributed by atoms with Crippen LogP contribution >= 0.6 is 11.6 Å². The molecule has 0 radical (unpaired) electrons. The summed E-state index contributed by atoms with van der Waals surface area (Å²) in [6, 6.07) is 1.63. The second kappa shape index (κ2) is 7.95. The number of esters is 1. The van der Waals surface area contributed by atoms with Gasteiger partial charge in [0.1, 0.15) is 11.0 Å². The van der Waals surface area contributed by atoms with E-state index in [2.05, 4.69) is 10.4 Å². The molecule has 0 saturated heterocycles. The Bertz CT molecular complexity index is 824. The molecule has 11 heteroatoms. The molecule has 0 bridgehead atoms. The van der Waals surface area contributed by atoms with Crippen molar-refractivity contribution in [3.8, 4) is 0 Å². The molecule has 146 valence electrons. The summed E-state index contributed by atoms with van der Waals surface area (Å²) in [5, 5.41) is -0.208. The van der Waals surface area contributed by atoms with Crippen molar-refractivity contribution >= 4 is 35.2 Å². The second-order valence-electron chi connectivity index (χ2n) is 5.50. The Morgan fingerprint density at radius 3 is 2.52 bits per heavy atom. The van der Waals surface area contributed by atoms with Gasteiger partial charge in [0.25, 0.3) is 11.8 Å². The molecule has 1 N–H and O–H groups in total. The predicted octanol–water partition coefficient (Wildman–Crippen LogP) is 3.11. The Balaban J connectivity index is 2.13. The van der Waals surface area contributed by atoms with Gasteiger partial charge in [-0.15, -0.1) is 0 Å². The molecular formula is C16H15ClF3N3O4. The fourth-order valence-corrected chi connectivity index (χ4v) is 2.62. The van der Waals surface area contributed by atoms with Gasteiger partial charge in [-0.3, -0.25) is 19.8 Å². The van der Waals surface area contributed by atoms with Gasteiger partial charge >= 0.3 is 12.1 Å². The number of imide groups is 1. The van der Waals surface area contributed by atoms with Crippen molar-refractivity contribution in [2.75, 3.05) is 12.0 Å². The van der Waals surface area contributed by atoms with Crippen LogP contribution in [-0.2, 0) is 25.3 Å². The molecule has 0 aromatic carbocycles. The number of hydrazine groups is 1. The molecule has 0 spiro atoms. The minimum Gasteiger partial charge on any atom is -0.466 e. The fraction of sp³-hybridized carbons (Fsp3) is 0.375.